The molecular weight excluding hydrogens is 288 g/mol. The van der Waals surface area contributed by atoms with Crippen LogP contribution in [0.4, 0.5) is 5.69 Å². The lowest BCUT2D eigenvalue weighted by Gasteiger charge is -2.45. The molecule has 0 unspecified atom stereocenters. The molecule has 2 aromatic rings. The molecule has 2 atom stereocenters. The van der Waals surface area contributed by atoms with Crippen molar-refractivity contribution < 1.29 is 9.90 Å². The van der Waals surface area contributed by atoms with E-state index in [1.54, 1.807) is 0 Å². The molecular formula is C19H22N2O2. The molecule has 2 N–H and O–H groups in total. The summed E-state index contributed by atoms with van der Waals surface area (Å²) in [5, 5.41) is 14.7. The smallest absolute Gasteiger partial charge is 0.245 e. The van der Waals surface area contributed by atoms with Crippen LogP contribution in [0.25, 0.3) is 0 Å². The minimum atomic E-state index is -1.37. The molecule has 120 valence electrons. The highest BCUT2D eigenvalue weighted by Gasteiger charge is 2.51. The summed E-state index contributed by atoms with van der Waals surface area (Å²) in [7, 11) is 0. The van der Waals surface area contributed by atoms with Gasteiger partial charge in [0.1, 0.15) is 11.6 Å². The lowest BCUT2D eigenvalue weighted by molar-refractivity contribution is -0.131. The van der Waals surface area contributed by atoms with Crippen molar-refractivity contribution in [1.29, 1.82) is 0 Å². The number of hydrogen-bond acceptors (Lipinski definition) is 3. The van der Waals surface area contributed by atoms with Gasteiger partial charge < -0.3 is 10.4 Å². The van der Waals surface area contributed by atoms with Crippen molar-refractivity contribution in [3.8, 4) is 0 Å². The Balaban J connectivity index is 2.25. The largest absolute Gasteiger partial charge is 0.378 e. The van der Waals surface area contributed by atoms with Crippen LogP contribution in [0.2, 0.25) is 0 Å². The fourth-order valence-electron chi connectivity index (χ4n) is 3.49. The summed E-state index contributed by atoms with van der Waals surface area (Å²) in [5.41, 5.74) is 0.779. The topological polar surface area (TPSA) is 52.6 Å². The van der Waals surface area contributed by atoms with E-state index in [-0.39, 0.29) is 5.91 Å². The maximum Gasteiger partial charge on any atom is 0.245 e. The quantitative estimate of drug-likeness (QED) is 0.912. The zero-order valence-electron chi connectivity index (χ0n) is 13.5. The Kier molecular flexibility index (Phi) is 4.20. The number of carbonyl (C=O) groups is 1. The zero-order valence-corrected chi connectivity index (χ0v) is 13.5. The third-order valence-corrected chi connectivity index (χ3v) is 4.63. The van der Waals surface area contributed by atoms with Crippen molar-refractivity contribution in [2.75, 3.05) is 18.4 Å². The number of amides is 1. The van der Waals surface area contributed by atoms with E-state index < -0.39 is 11.6 Å². The average Bonchev–Trinajstić information content (AvgIpc) is 2.59. The van der Waals surface area contributed by atoms with Gasteiger partial charge in [-0.2, -0.15) is 0 Å². The lowest BCUT2D eigenvalue weighted by Crippen LogP contribution is -2.60. The van der Waals surface area contributed by atoms with Crippen LogP contribution in [0, 0.1) is 0 Å². The molecule has 0 aromatic heterocycles. The molecule has 0 saturated carbocycles. The van der Waals surface area contributed by atoms with Gasteiger partial charge in [-0.15, -0.1) is 0 Å². The van der Waals surface area contributed by atoms with E-state index in [1.807, 2.05) is 73.3 Å². The summed E-state index contributed by atoms with van der Waals surface area (Å²) in [6.45, 7) is 5.38. The summed E-state index contributed by atoms with van der Waals surface area (Å²) >= 11 is 0. The molecule has 0 radical (unpaired) electrons. The van der Waals surface area contributed by atoms with E-state index >= 15 is 0 Å². The van der Waals surface area contributed by atoms with Crippen LogP contribution >= 0.6 is 0 Å². The van der Waals surface area contributed by atoms with Crippen LogP contribution < -0.4 is 5.32 Å². The molecule has 3 rings (SSSR count). The van der Waals surface area contributed by atoms with Gasteiger partial charge in [-0.3, -0.25) is 9.69 Å². The average molecular weight is 310 g/mol. The van der Waals surface area contributed by atoms with Crippen LogP contribution in [0.5, 0.6) is 0 Å². The number of rotatable bonds is 4. The van der Waals surface area contributed by atoms with Crippen LogP contribution in [0.15, 0.2) is 54.6 Å². The molecule has 0 bridgehead atoms. The first-order valence-corrected chi connectivity index (χ1v) is 8.05. The van der Waals surface area contributed by atoms with E-state index in [2.05, 4.69) is 5.32 Å². The number of nitrogens with one attached hydrogen (secondary N) is 1. The van der Waals surface area contributed by atoms with E-state index in [4.69, 9.17) is 0 Å². The molecule has 1 aliphatic heterocycles. The third kappa shape index (κ3) is 2.44. The molecule has 4 nitrogen and oxygen atoms in total. The van der Waals surface area contributed by atoms with Gasteiger partial charge in [0.05, 0.1) is 0 Å². The molecule has 1 aliphatic rings. The number of hydrogen-bond donors (Lipinski definition) is 2. The van der Waals surface area contributed by atoms with E-state index in [1.165, 1.54) is 0 Å². The number of nitrogens with zero attached hydrogens (tertiary/aromatic N) is 1. The van der Waals surface area contributed by atoms with E-state index in [9.17, 15) is 9.90 Å². The second-order valence-electron chi connectivity index (χ2n) is 5.79. The predicted molar refractivity (Wildman–Crippen MR) is 91.2 cm³/mol. The first-order chi connectivity index (χ1) is 11.1. The molecule has 2 aromatic carbocycles. The molecule has 0 aliphatic carbocycles. The van der Waals surface area contributed by atoms with Gasteiger partial charge in [-0.25, -0.2) is 0 Å². The standard InChI is InChI=1S/C19H22N2O2/c1-3-21(4-2)17-18(22)20-16-13-9-8-12-15(16)19(17,23)14-10-6-5-7-11-14/h5-13,17,23H,3-4H2,1-2H3,(H,20,22)/t17-,19+/m0/s1. The van der Waals surface area contributed by atoms with E-state index in [0.717, 1.165) is 11.1 Å². The van der Waals surface area contributed by atoms with Crippen molar-refractivity contribution in [1.82, 2.24) is 4.90 Å². The first kappa shape index (κ1) is 15.7. The summed E-state index contributed by atoms with van der Waals surface area (Å²) in [6, 6.07) is 16.3. The van der Waals surface area contributed by atoms with Crippen molar-refractivity contribution in [3.05, 3.63) is 65.7 Å². The van der Waals surface area contributed by atoms with Crippen molar-refractivity contribution in [2.45, 2.75) is 25.5 Å². The number of likely N-dealkylation sites (N-methyl/N-ethyl adjacent to an activating group) is 1. The van der Waals surface area contributed by atoms with Crippen LogP contribution in [-0.4, -0.2) is 35.0 Å². The van der Waals surface area contributed by atoms with Crippen LogP contribution in [0.1, 0.15) is 25.0 Å². The second-order valence-corrected chi connectivity index (χ2v) is 5.79. The zero-order chi connectivity index (χ0) is 16.4. The number of aliphatic hydroxyl groups is 1. The number of carbonyl (C=O) groups excluding carboxylic acids is 1. The lowest BCUT2D eigenvalue weighted by atomic mass is 9.76. The summed E-state index contributed by atoms with van der Waals surface area (Å²) < 4.78 is 0. The number of anilines is 1. The highest BCUT2D eigenvalue weighted by Crippen LogP contribution is 2.42. The Labute approximate surface area is 136 Å². The Morgan fingerprint density at radius 3 is 2.30 bits per heavy atom. The first-order valence-electron chi connectivity index (χ1n) is 8.05. The molecule has 0 spiro atoms. The molecule has 0 saturated heterocycles. The van der Waals surface area contributed by atoms with Gasteiger partial charge in [0.15, 0.2) is 0 Å². The van der Waals surface area contributed by atoms with Crippen LogP contribution in [-0.2, 0) is 10.4 Å². The Hall–Kier alpha value is -2.17. The van der Waals surface area contributed by atoms with Crippen molar-refractivity contribution >= 4 is 11.6 Å². The second kappa shape index (κ2) is 6.14. The maximum absolute atomic E-state index is 12.8. The predicted octanol–water partition coefficient (Wildman–Crippen LogP) is 2.59. The fourth-order valence-corrected chi connectivity index (χ4v) is 3.49. The summed E-state index contributed by atoms with van der Waals surface area (Å²) in [4.78, 5) is 14.8. The number of para-hydroxylation sites is 1. The highest BCUT2D eigenvalue weighted by molar-refractivity contribution is 6.00. The highest BCUT2D eigenvalue weighted by atomic mass is 16.3. The minimum absolute atomic E-state index is 0.168. The molecule has 23 heavy (non-hydrogen) atoms. The summed E-state index contributed by atoms with van der Waals surface area (Å²) in [6.07, 6.45) is 0. The Morgan fingerprint density at radius 1 is 1.04 bits per heavy atom. The van der Waals surface area contributed by atoms with Gasteiger partial charge in [0.25, 0.3) is 0 Å². The summed E-state index contributed by atoms with van der Waals surface area (Å²) in [5.74, 6) is -0.168. The van der Waals surface area contributed by atoms with Gasteiger partial charge in [-0.1, -0.05) is 62.4 Å². The van der Waals surface area contributed by atoms with E-state index in [0.29, 0.717) is 18.8 Å². The minimum Gasteiger partial charge on any atom is -0.378 e. The van der Waals surface area contributed by atoms with Gasteiger partial charge in [0.2, 0.25) is 5.91 Å². The number of fused-ring (bicyclic) bond motifs is 1. The van der Waals surface area contributed by atoms with Gasteiger partial charge in [0, 0.05) is 11.3 Å². The monoisotopic (exact) mass is 310 g/mol. The van der Waals surface area contributed by atoms with Crippen LogP contribution in [0.3, 0.4) is 0 Å². The van der Waals surface area contributed by atoms with Gasteiger partial charge in [-0.05, 0) is 24.7 Å². The molecule has 4 heteroatoms. The third-order valence-electron chi connectivity index (χ3n) is 4.63. The SMILES string of the molecule is CCN(CC)[C@H]1C(=O)Nc2ccccc2[C@]1(O)c1ccccc1. The van der Waals surface area contributed by atoms with Crippen molar-refractivity contribution in [3.63, 3.8) is 0 Å². The Morgan fingerprint density at radius 2 is 1.65 bits per heavy atom. The maximum atomic E-state index is 12.8. The molecule has 1 heterocycles. The van der Waals surface area contributed by atoms with Crippen molar-refractivity contribution in [2.24, 2.45) is 0 Å². The number of benzene rings is 2. The fraction of sp³-hybridized carbons (Fsp3) is 0.316. The molecule has 0 fully saturated rings. The Bertz CT molecular complexity index is 698. The normalized spacial score (nSPS) is 23.5. The molecule has 1 amide bonds. The van der Waals surface area contributed by atoms with Gasteiger partial charge >= 0.3 is 0 Å².